The molecule has 2 fully saturated rings. The topological polar surface area (TPSA) is 220 Å². The second kappa shape index (κ2) is 19.3. The number of aliphatic hydroxyl groups excluding tert-OH is 2. The minimum atomic E-state index is -2.04. The molecule has 0 aromatic heterocycles. The van der Waals surface area contributed by atoms with Crippen molar-refractivity contribution in [1.29, 1.82) is 0 Å². The number of hydrogen-bond acceptors (Lipinski definition) is 15. The Morgan fingerprint density at radius 1 is 0.921 bits per heavy atom. The molecule has 1 saturated heterocycles. The van der Waals surface area contributed by atoms with Crippen LogP contribution in [0.3, 0.4) is 0 Å². The number of anilines is 1. The van der Waals surface area contributed by atoms with Crippen LogP contribution in [-0.2, 0) is 23.8 Å². The lowest BCUT2D eigenvalue weighted by Gasteiger charge is -2.38. The molecule has 5 bridgehead atoms. The number of methoxy groups -OCH3 is 1. The van der Waals surface area contributed by atoms with Gasteiger partial charge in [0.25, 0.3) is 11.7 Å². The molecule has 16 nitrogen and oxygen atoms in total. The highest BCUT2D eigenvalue weighted by Crippen LogP contribution is 2.55. The van der Waals surface area contributed by atoms with Crippen molar-refractivity contribution < 1.29 is 58.9 Å². The van der Waals surface area contributed by atoms with Gasteiger partial charge < -0.3 is 49.8 Å². The molecule has 2 aromatic rings. The molecule has 16 heteroatoms. The molecule has 9 atom stereocenters. The van der Waals surface area contributed by atoms with E-state index in [2.05, 4.69) is 15.3 Å². The van der Waals surface area contributed by atoms with Crippen molar-refractivity contribution in [3.63, 3.8) is 0 Å². The maximum absolute atomic E-state index is 14.5. The number of hydrazone groups is 1. The molecular formula is C47H64N4O12. The van der Waals surface area contributed by atoms with Gasteiger partial charge in [-0.05, 0) is 32.8 Å². The number of rotatable bonds is 5. The van der Waals surface area contributed by atoms with Crippen molar-refractivity contribution in [2.24, 2.45) is 28.8 Å². The van der Waals surface area contributed by atoms with E-state index in [0.717, 1.165) is 13.1 Å². The number of nitrogens with one attached hydrogen (secondary N) is 1. The predicted molar refractivity (Wildman–Crippen MR) is 237 cm³/mol. The van der Waals surface area contributed by atoms with E-state index in [4.69, 9.17) is 18.9 Å². The van der Waals surface area contributed by atoms with Gasteiger partial charge >= 0.3 is 11.8 Å². The Kier molecular flexibility index (Phi) is 14.5. The van der Waals surface area contributed by atoms with Gasteiger partial charge in [-0.3, -0.25) is 24.3 Å². The van der Waals surface area contributed by atoms with Gasteiger partial charge in [0.15, 0.2) is 5.75 Å². The van der Waals surface area contributed by atoms with Crippen LogP contribution in [0.5, 0.6) is 23.0 Å². The van der Waals surface area contributed by atoms with Crippen molar-refractivity contribution in [2.75, 3.05) is 38.6 Å². The molecule has 6 N–H and O–H groups in total. The van der Waals surface area contributed by atoms with Crippen LogP contribution in [0.2, 0.25) is 0 Å². The molecule has 0 spiro atoms. The minimum absolute atomic E-state index is 0.0631. The third kappa shape index (κ3) is 9.40. The second-order valence-electron chi connectivity index (χ2n) is 17.8. The number of phenolic OH excluding ortho intramolecular Hbond substituents is 3. The number of phenols is 3. The minimum Gasteiger partial charge on any atom is -0.507 e. The number of amides is 1. The lowest BCUT2D eigenvalue weighted by molar-refractivity contribution is -0.160. The summed E-state index contributed by atoms with van der Waals surface area (Å²) in [4.78, 5) is 43.2. The molecule has 1 aliphatic carbocycles. The zero-order valence-electron chi connectivity index (χ0n) is 37.8. The number of esters is 1. The third-order valence-electron chi connectivity index (χ3n) is 13.5. The fourth-order valence-electron chi connectivity index (χ4n) is 9.47. The first kappa shape index (κ1) is 47.3. The van der Waals surface area contributed by atoms with E-state index in [-0.39, 0.29) is 44.5 Å². The summed E-state index contributed by atoms with van der Waals surface area (Å²) in [5.41, 5.74) is -0.293. The number of ketones is 1. The zero-order valence-corrected chi connectivity index (χ0v) is 37.8. The van der Waals surface area contributed by atoms with Crippen molar-refractivity contribution in [3.05, 3.63) is 52.8 Å². The van der Waals surface area contributed by atoms with Crippen LogP contribution >= 0.6 is 0 Å². The number of ether oxygens (including phenoxy) is 4. The first-order valence-corrected chi connectivity index (χ1v) is 21.9. The van der Waals surface area contributed by atoms with Gasteiger partial charge in [-0.15, -0.1) is 0 Å². The molecular weight excluding hydrogens is 813 g/mol. The number of Topliss-reactive ketones (excluding diaryl/α,β-unsaturated/α-hetero) is 1. The Morgan fingerprint density at radius 2 is 1.59 bits per heavy atom. The largest absolute Gasteiger partial charge is 0.507 e. The zero-order chi connectivity index (χ0) is 46.1. The first-order chi connectivity index (χ1) is 29.8. The molecule has 1 saturated carbocycles. The highest BCUT2D eigenvalue weighted by Gasteiger charge is 2.50. The van der Waals surface area contributed by atoms with E-state index in [1.54, 1.807) is 39.8 Å². The van der Waals surface area contributed by atoms with E-state index in [0.29, 0.717) is 19.1 Å². The lowest BCUT2D eigenvalue weighted by Crippen LogP contribution is -2.47. The van der Waals surface area contributed by atoms with Crippen LogP contribution in [0.15, 0.2) is 41.2 Å². The summed E-state index contributed by atoms with van der Waals surface area (Å²) >= 11 is 0. The number of allylic oxidation sites excluding steroid dienone is 2. The monoisotopic (exact) mass is 876 g/mol. The number of aromatic hydroxyl groups is 3. The van der Waals surface area contributed by atoms with Gasteiger partial charge in [-0.25, -0.2) is 0 Å². The van der Waals surface area contributed by atoms with Crippen molar-refractivity contribution in [1.82, 2.24) is 9.91 Å². The summed E-state index contributed by atoms with van der Waals surface area (Å²) in [6.07, 6.45) is 9.75. The van der Waals surface area contributed by atoms with Crippen LogP contribution in [-0.4, -0.2) is 129 Å². The maximum Gasteiger partial charge on any atom is 0.312 e. The van der Waals surface area contributed by atoms with E-state index in [1.165, 1.54) is 85.1 Å². The quantitative estimate of drug-likeness (QED) is 0.0926. The van der Waals surface area contributed by atoms with Gasteiger partial charge in [0.2, 0.25) is 0 Å². The maximum atomic E-state index is 14.5. The van der Waals surface area contributed by atoms with Crippen LogP contribution < -0.4 is 10.1 Å². The van der Waals surface area contributed by atoms with Crippen LogP contribution in [0.1, 0.15) is 95.6 Å². The molecule has 4 aliphatic heterocycles. The molecule has 0 radical (unpaired) electrons. The fourth-order valence-corrected chi connectivity index (χ4v) is 9.47. The van der Waals surface area contributed by atoms with Gasteiger partial charge in [-0.2, -0.15) is 5.10 Å². The summed E-state index contributed by atoms with van der Waals surface area (Å²) in [7, 11) is 1.44. The second-order valence-corrected chi connectivity index (χ2v) is 17.8. The average molecular weight is 877 g/mol. The SMILES string of the molecule is COC1C=COC2(C)Oc3c(C)c(O)c4c(O)c(c(/C=N/N5CCN(C6CCCC6)CC5)c(O)c4c3C2=O)NC(=O)C(C)=CC=CC(C)C(O)C(C)C(O)C(C)C(OC(C)=O)C1C. The first-order valence-electron chi connectivity index (χ1n) is 21.9. The van der Waals surface area contributed by atoms with Gasteiger partial charge in [0, 0.05) is 93.4 Å². The molecule has 344 valence electrons. The third-order valence-corrected chi connectivity index (χ3v) is 13.5. The fraction of sp³-hybridized carbons (Fsp3) is 0.574. The number of aliphatic hydroxyl groups is 2. The molecule has 2 aromatic carbocycles. The molecule has 1 amide bonds. The van der Waals surface area contributed by atoms with Crippen molar-refractivity contribution in [3.8, 4) is 23.0 Å². The van der Waals surface area contributed by atoms with Gasteiger partial charge in [0.05, 0.1) is 53.0 Å². The predicted octanol–water partition coefficient (Wildman–Crippen LogP) is 5.65. The molecule has 4 heterocycles. The van der Waals surface area contributed by atoms with Gasteiger partial charge in [-0.1, -0.05) is 58.8 Å². The number of hydrogen-bond donors (Lipinski definition) is 6. The Morgan fingerprint density at radius 3 is 2.22 bits per heavy atom. The highest BCUT2D eigenvalue weighted by molar-refractivity contribution is 6.23. The number of benzene rings is 2. The van der Waals surface area contributed by atoms with Crippen molar-refractivity contribution in [2.45, 2.75) is 117 Å². The molecule has 5 aliphatic rings. The van der Waals surface area contributed by atoms with Gasteiger partial charge in [0.1, 0.15) is 23.4 Å². The molecule has 63 heavy (non-hydrogen) atoms. The average Bonchev–Trinajstić information content (AvgIpc) is 3.89. The Balaban J connectivity index is 1.47. The van der Waals surface area contributed by atoms with E-state index >= 15 is 0 Å². The Labute approximate surface area is 368 Å². The summed E-state index contributed by atoms with van der Waals surface area (Å²) in [6, 6.07) is 0.553. The van der Waals surface area contributed by atoms with Crippen molar-refractivity contribution >= 4 is 40.3 Å². The number of piperazine rings is 1. The number of nitrogens with zero attached hydrogens (tertiary/aromatic N) is 3. The van der Waals surface area contributed by atoms with E-state index in [1.807, 2.05) is 5.01 Å². The summed E-state index contributed by atoms with van der Waals surface area (Å²) in [5, 5.41) is 67.6. The van der Waals surface area contributed by atoms with Crippen LogP contribution in [0.25, 0.3) is 10.8 Å². The summed E-state index contributed by atoms with van der Waals surface area (Å²) in [6.45, 7) is 15.4. The van der Waals surface area contributed by atoms with E-state index in [9.17, 15) is 39.9 Å². The summed E-state index contributed by atoms with van der Waals surface area (Å²) < 4.78 is 23.7. The highest BCUT2D eigenvalue weighted by atomic mass is 16.7. The van der Waals surface area contributed by atoms with Crippen LogP contribution in [0, 0.1) is 30.6 Å². The molecule has 9 unspecified atom stereocenters. The van der Waals surface area contributed by atoms with Crippen LogP contribution in [0.4, 0.5) is 5.69 Å². The lowest BCUT2D eigenvalue weighted by atomic mass is 9.78. The Hall–Kier alpha value is -5.16. The smallest absolute Gasteiger partial charge is 0.312 e. The number of carbonyl (C=O) groups excluding carboxylic acids is 3. The standard InChI is InChI=1S/C47H64N4O12/c1-24-13-12-14-25(2)46(59)49-37-32(23-48-51-20-18-50(19-21-51)31-15-10-11-16-31)41(56)34-35(42(37)57)40(55)29(6)44-36(34)45(58)47(8,63-44)61-22-17-33(60-9)26(3)43(62-30(7)52)28(5)39(54)27(4)38(24)53/h12-14,17,22-24,26-28,31,33,38-39,43,53-57H,10-11,15-16,18-21H2,1-9H3,(H,49,59)/b13-12?,22-17?,25-14?,48-23+. The number of carbonyl (C=O) groups is 3. The normalized spacial score (nSPS) is 30.5. The Bertz CT molecular complexity index is 2190. The number of fused-ring (bicyclic) bond motifs is 14. The molecule has 7 rings (SSSR count). The van der Waals surface area contributed by atoms with E-state index < -0.39 is 88.8 Å². The summed E-state index contributed by atoms with van der Waals surface area (Å²) in [5.74, 6) is -8.28.